The van der Waals surface area contributed by atoms with Gasteiger partial charge in [0.15, 0.2) is 0 Å². The van der Waals surface area contributed by atoms with Gasteiger partial charge in [-0.2, -0.15) is 0 Å². The van der Waals surface area contributed by atoms with Crippen LogP contribution in [0.25, 0.3) is 0 Å². The maximum atomic E-state index is 11.5. The molecule has 0 aromatic heterocycles. The number of primary amides is 1. The fourth-order valence-corrected chi connectivity index (χ4v) is 1.51. The average Bonchev–Trinajstić information content (AvgIpc) is 2.04. The maximum absolute atomic E-state index is 11.5. The van der Waals surface area contributed by atoms with E-state index in [1.165, 1.54) is 0 Å². The fourth-order valence-electron chi connectivity index (χ4n) is 1.51. The Balaban J connectivity index is 2.56. The molecule has 1 unspecified atom stereocenters. The third-order valence-electron chi connectivity index (χ3n) is 2.38. The van der Waals surface area contributed by atoms with Gasteiger partial charge in [-0.05, 0) is 26.3 Å². The second-order valence-corrected chi connectivity index (χ2v) is 3.66. The van der Waals surface area contributed by atoms with Crippen molar-refractivity contribution in [2.75, 3.05) is 13.1 Å². The number of urea groups is 1. The lowest BCUT2D eigenvalue weighted by Crippen LogP contribution is -2.51. The van der Waals surface area contributed by atoms with Gasteiger partial charge >= 0.3 is 6.03 Å². The predicted molar refractivity (Wildman–Crippen MR) is 47.9 cm³/mol. The van der Waals surface area contributed by atoms with E-state index in [0.717, 1.165) is 19.4 Å². The normalized spacial score (nSPS) is 28.1. The molecule has 13 heavy (non-hydrogen) atoms. The molecule has 0 bridgehead atoms. The van der Waals surface area contributed by atoms with E-state index in [9.17, 15) is 9.59 Å². The standard InChI is InChI=1S/C8H15N3O2/c1-8(3-2-4-10-5-8)6(12)11-7(9)13/h10H,2-5H2,1H3,(H3,9,11,12,13). The van der Waals surface area contributed by atoms with Gasteiger partial charge in [-0.25, -0.2) is 4.79 Å². The largest absolute Gasteiger partial charge is 0.351 e. The molecule has 5 heteroatoms. The summed E-state index contributed by atoms with van der Waals surface area (Å²) < 4.78 is 0. The molecule has 1 aliphatic rings. The van der Waals surface area contributed by atoms with E-state index in [0.29, 0.717) is 6.54 Å². The van der Waals surface area contributed by atoms with Crippen LogP contribution in [0.2, 0.25) is 0 Å². The van der Waals surface area contributed by atoms with Crippen LogP contribution in [0.3, 0.4) is 0 Å². The number of hydrogen-bond donors (Lipinski definition) is 3. The van der Waals surface area contributed by atoms with E-state index in [1.54, 1.807) is 0 Å². The molecule has 1 saturated heterocycles. The van der Waals surface area contributed by atoms with Crippen molar-refractivity contribution < 1.29 is 9.59 Å². The van der Waals surface area contributed by atoms with Gasteiger partial charge < -0.3 is 11.1 Å². The molecule has 74 valence electrons. The lowest BCUT2D eigenvalue weighted by Gasteiger charge is -2.31. The summed E-state index contributed by atoms with van der Waals surface area (Å²) in [5.74, 6) is -0.285. The Labute approximate surface area is 77.1 Å². The van der Waals surface area contributed by atoms with Gasteiger partial charge in [-0.1, -0.05) is 0 Å². The number of imide groups is 1. The van der Waals surface area contributed by atoms with Crippen LogP contribution in [0.1, 0.15) is 19.8 Å². The summed E-state index contributed by atoms with van der Waals surface area (Å²) in [5, 5.41) is 5.23. The first-order chi connectivity index (χ1) is 6.04. The van der Waals surface area contributed by atoms with Crippen LogP contribution in [0.4, 0.5) is 4.79 Å². The zero-order valence-corrected chi connectivity index (χ0v) is 7.72. The van der Waals surface area contributed by atoms with Crippen LogP contribution in [-0.4, -0.2) is 25.0 Å². The molecule has 1 atom stereocenters. The smallest absolute Gasteiger partial charge is 0.318 e. The number of piperidine rings is 1. The van der Waals surface area contributed by atoms with Crippen molar-refractivity contribution in [1.82, 2.24) is 10.6 Å². The number of nitrogens with one attached hydrogen (secondary N) is 2. The predicted octanol–water partition coefficient (Wildman–Crippen LogP) is -0.429. The minimum absolute atomic E-state index is 0.285. The molecule has 0 aliphatic carbocycles. The Bertz CT molecular complexity index is 221. The second-order valence-electron chi connectivity index (χ2n) is 3.66. The van der Waals surface area contributed by atoms with Gasteiger partial charge in [0.25, 0.3) is 0 Å². The highest BCUT2D eigenvalue weighted by atomic mass is 16.2. The topological polar surface area (TPSA) is 84.2 Å². The van der Waals surface area contributed by atoms with Crippen LogP contribution >= 0.6 is 0 Å². The van der Waals surface area contributed by atoms with Gasteiger partial charge in [-0.3, -0.25) is 10.1 Å². The lowest BCUT2D eigenvalue weighted by molar-refractivity contribution is -0.129. The first-order valence-electron chi connectivity index (χ1n) is 4.36. The van der Waals surface area contributed by atoms with Gasteiger partial charge in [-0.15, -0.1) is 0 Å². The van der Waals surface area contributed by atoms with Crippen LogP contribution in [0.5, 0.6) is 0 Å². The molecule has 1 aliphatic heterocycles. The molecular weight excluding hydrogens is 170 g/mol. The summed E-state index contributed by atoms with van der Waals surface area (Å²) in [6.07, 6.45) is 1.74. The maximum Gasteiger partial charge on any atom is 0.318 e. The van der Waals surface area contributed by atoms with Gasteiger partial charge in [0.05, 0.1) is 5.41 Å². The van der Waals surface area contributed by atoms with Gasteiger partial charge in [0.1, 0.15) is 0 Å². The Morgan fingerprint density at radius 3 is 2.69 bits per heavy atom. The van der Waals surface area contributed by atoms with E-state index < -0.39 is 11.4 Å². The summed E-state index contributed by atoms with van der Waals surface area (Å²) >= 11 is 0. The highest BCUT2D eigenvalue weighted by Gasteiger charge is 2.35. The number of carbonyl (C=O) groups excluding carboxylic acids is 2. The van der Waals surface area contributed by atoms with Crippen molar-refractivity contribution in [2.24, 2.45) is 11.1 Å². The number of carbonyl (C=O) groups is 2. The van der Waals surface area contributed by atoms with Crippen molar-refractivity contribution >= 4 is 11.9 Å². The summed E-state index contributed by atoms with van der Waals surface area (Å²) in [7, 11) is 0. The highest BCUT2D eigenvalue weighted by Crippen LogP contribution is 2.25. The Hall–Kier alpha value is -1.10. The molecule has 1 fully saturated rings. The first kappa shape index (κ1) is 9.98. The van der Waals surface area contributed by atoms with Crippen LogP contribution < -0.4 is 16.4 Å². The molecule has 3 amide bonds. The molecule has 5 nitrogen and oxygen atoms in total. The molecule has 0 saturated carbocycles. The summed E-state index contributed by atoms with van der Waals surface area (Å²) in [5.41, 5.74) is 4.37. The van der Waals surface area contributed by atoms with Gasteiger partial charge in [0, 0.05) is 6.54 Å². The number of amides is 3. The van der Waals surface area contributed by atoms with E-state index >= 15 is 0 Å². The van der Waals surface area contributed by atoms with Crippen molar-refractivity contribution in [1.29, 1.82) is 0 Å². The lowest BCUT2D eigenvalue weighted by atomic mass is 9.82. The van der Waals surface area contributed by atoms with Gasteiger partial charge in [0.2, 0.25) is 5.91 Å². The van der Waals surface area contributed by atoms with E-state index in [4.69, 9.17) is 5.73 Å². The third kappa shape index (κ3) is 2.42. The SMILES string of the molecule is CC1(C(=O)NC(N)=O)CCCNC1. The first-order valence-corrected chi connectivity index (χ1v) is 4.36. The third-order valence-corrected chi connectivity index (χ3v) is 2.38. The minimum atomic E-state index is -0.781. The monoisotopic (exact) mass is 185 g/mol. The van der Waals surface area contributed by atoms with Crippen molar-refractivity contribution in [3.05, 3.63) is 0 Å². The van der Waals surface area contributed by atoms with Crippen LogP contribution in [0.15, 0.2) is 0 Å². The Kier molecular flexibility index (Phi) is 2.87. The van der Waals surface area contributed by atoms with Crippen LogP contribution in [0, 0.1) is 5.41 Å². The van der Waals surface area contributed by atoms with E-state index in [1.807, 2.05) is 6.92 Å². The minimum Gasteiger partial charge on any atom is -0.351 e. The average molecular weight is 185 g/mol. The molecule has 1 heterocycles. The zero-order valence-electron chi connectivity index (χ0n) is 7.72. The summed E-state index contributed by atoms with van der Waals surface area (Å²) in [4.78, 5) is 21.9. The molecule has 0 aromatic rings. The second kappa shape index (κ2) is 3.74. The van der Waals surface area contributed by atoms with Crippen molar-refractivity contribution in [2.45, 2.75) is 19.8 Å². The summed E-state index contributed by atoms with van der Waals surface area (Å²) in [6, 6.07) is -0.781. The van der Waals surface area contributed by atoms with Crippen molar-refractivity contribution in [3.8, 4) is 0 Å². The Morgan fingerprint density at radius 2 is 2.23 bits per heavy atom. The molecule has 1 rings (SSSR count). The number of rotatable bonds is 1. The number of hydrogen-bond acceptors (Lipinski definition) is 3. The summed E-state index contributed by atoms with van der Waals surface area (Å²) in [6.45, 7) is 3.36. The zero-order chi connectivity index (χ0) is 9.90. The van der Waals surface area contributed by atoms with Crippen molar-refractivity contribution in [3.63, 3.8) is 0 Å². The van der Waals surface area contributed by atoms with E-state index in [-0.39, 0.29) is 5.91 Å². The van der Waals surface area contributed by atoms with E-state index in [2.05, 4.69) is 10.6 Å². The molecular formula is C8H15N3O2. The number of nitrogens with two attached hydrogens (primary N) is 1. The van der Waals surface area contributed by atoms with Crippen LogP contribution in [-0.2, 0) is 4.79 Å². The molecule has 0 aromatic carbocycles. The molecule has 0 spiro atoms. The fraction of sp³-hybridized carbons (Fsp3) is 0.750. The molecule has 4 N–H and O–H groups in total. The quantitative estimate of drug-likeness (QED) is 0.518. The molecule has 0 radical (unpaired) electrons. The highest BCUT2D eigenvalue weighted by molar-refractivity contribution is 5.96. The Morgan fingerprint density at radius 1 is 1.54 bits per heavy atom.